The molecule has 160 valence electrons. The highest BCUT2D eigenvalue weighted by atomic mass is 19.2. The topological polar surface area (TPSA) is 9.23 Å². The van der Waals surface area contributed by atoms with Crippen LogP contribution in [0.25, 0.3) is 10.8 Å². The highest BCUT2D eigenvalue weighted by Gasteiger charge is 2.10. The van der Waals surface area contributed by atoms with E-state index in [4.69, 9.17) is 4.74 Å². The molecule has 4 rings (SSSR count). The Bertz CT molecular complexity index is 1330. The summed E-state index contributed by atoms with van der Waals surface area (Å²) in [5, 5.41) is 0.957. The molecule has 32 heavy (non-hydrogen) atoms. The van der Waals surface area contributed by atoms with Crippen LogP contribution in [0.5, 0.6) is 5.75 Å². The number of ether oxygens (including phenoxy) is 1. The number of benzene rings is 4. The quantitative estimate of drug-likeness (QED) is 0.260. The Balaban J connectivity index is 1.53. The lowest BCUT2D eigenvalue weighted by Crippen LogP contribution is -1.97. The molecule has 1 nitrogen and oxygen atoms in total. The van der Waals surface area contributed by atoms with Gasteiger partial charge in [0.2, 0.25) is 0 Å². The van der Waals surface area contributed by atoms with Gasteiger partial charge in [0, 0.05) is 5.56 Å². The molecule has 4 aromatic carbocycles. The fourth-order valence-electron chi connectivity index (χ4n) is 3.42. The van der Waals surface area contributed by atoms with Crippen molar-refractivity contribution in [2.75, 3.05) is 7.11 Å². The monoisotopic (exact) mass is 434 g/mol. The van der Waals surface area contributed by atoms with Crippen LogP contribution in [0.4, 0.5) is 17.6 Å². The first-order valence-electron chi connectivity index (χ1n) is 9.94. The summed E-state index contributed by atoms with van der Waals surface area (Å²) in [5.41, 5.74) is 1.67. The van der Waals surface area contributed by atoms with Crippen molar-refractivity contribution in [2.24, 2.45) is 0 Å². The average molecular weight is 434 g/mol. The average Bonchev–Trinajstić information content (AvgIpc) is 2.78. The summed E-state index contributed by atoms with van der Waals surface area (Å²) < 4.78 is 61.0. The van der Waals surface area contributed by atoms with E-state index in [0.717, 1.165) is 23.4 Å². The van der Waals surface area contributed by atoms with Gasteiger partial charge in [0.1, 0.15) is 17.4 Å². The predicted molar refractivity (Wildman–Crippen MR) is 117 cm³/mol. The maximum absolute atomic E-state index is 14.5. The molecule has 0 saturated carbocycles. The minimum absolute atomic E-state index is 0.330. The van der Waals surface area contributed by atoms with Crippen molar-refractivity contribution < 1.29 is 22.3 Å². The summed E-state index contributed by atoms with van der Waals surface area (Å²) in [4.78, 5) is 0. The van der Waals surface area contributed by atoms with Crippen LogP contribution in [0.3, 0.4) is 0 Å². The van der Waals surface area contributed by atoms with Gasteiger partial charge in [-0.2, -0.15) is 0 Å². The fourth-order valence-corrected chi connectivity index (χ4v) is 3.42. The third-order valence-corrected chi connectivity index (χ3v) is 5.17. The van der Waals surface area contributed by atoms with Crippen molar-refractivity contribution in [1.82, 2.24) is 0 Å². The third-order valence-electron chi connectivity index (χ3n) is 5.17. The first-order chi connectivity index (χ1) is 15.4. The summed E-state index contributed by atoms with van der Waals surface area (Å²) >= 11 is 0. The minimum Gasteiger partial charge on any atom is -0.497 e. The van der Waals surface area contributed by atoms with Gasteiger partial charge in [0.25, 0.3) is 0 Å². The second-order valence-corrected chi connectivity index (χ2v) is 7.36. The first-order valence-corrected chi connectivity index (χ1v) is 9.94. The number of methoxy groups -OCH3 is 1. The van der Waals surface area contributed by atoms with E-state index in [9.17, 15) is 17.6 Å². The Morgan fingerprint density at radius 1 is 0.625 bits per heavy atom. The van der Waals surface area contributed by atoms with Crippen molar-refractivity contribution in [1.29, 1.82) is 0 Å². The van der Waals surface area contributed by atoms with Crippen molar-refractivity contribution >= 4 is 10.8 Å². The van der Waals surface area contributed by atoms with Gasteiger partial charge in [0.05, 0.1) is 12.7 Å². The summed E-state index contributed by atoms with van der Waals surface area (Å²) in [5.74, 6) is 2.58. The van der Waals surface area contributed by atoms with Crippen LogP contribution in [-0.2, 0) is 12.8 Å². The summed E-state index contributed by atoms with van der Waals surface area (Å²) in [6, 6.07) is 16.9. The molecular formula is C27H18F4O. The number of hydrogen-bond donors (Lipinski definition) is 0. The van der Waals surface area contributed by atoms with E-state index in [1.807, 2.05) is 24.3 Å². The number of rotatable bonds is 4. The molecule has 0 unspecified atom stereocenters. The lowest BCUT2D eigenvalue weighted by molar-refractivity contribution is 0.414. The Morgan fingerprint density at radius 2 is 1.25 bits per heavy atom. The van der Waals surface area contributed by atoms with Crippen molar-refractivity contribution in [3.05, 3.63) is 112 Å². The van der Waals surface area contributed by atoms with Gasteiger partial charge >= 0.3 is 0 Å². The van der Waals surface area contributed by atoms with E-state index in [1.54, 1.807) is 25.3 Å². The maximum atomic E-state index is 14.5. The molecule has 0 spiro atoms. The molecule has 0 N–H and O–H groups in total. The maximum Gasteiger partial charge on any atom is 0.159 e. The Labute approximate surface area is 183 Å². The normalized spacial score (nSPS) is 10.7. The van der Waals surface area contributed by atoms with Crippen LogP contribution < -0.4 is 4.74 Å². The molecule has 0 aliphatic heterocycles. The zero-order valence-electron chi connectivity index (χ0n) is 17.2. The molecule has 0 saturated heterocycles. The lowest BCUT2D eigenvalue weighted by atomic mass is 10.0. The van der Waals surface area contributed by atoms with Crippen LogP contribution in [-0.4, -0.2) is 7.11 Å². The SMILES string of the molecule is COc1ccc(CCc2cc(F)c(C#Cc3ccc4cc(F)c(F)cc4c3)c(F)c2)cc1. The molecule has 0 radical (unpaired) electrons. The zero-order valence-corrected chi connectivity index (χ0v) is 17.2. The number of halogens is 4. The van der Waals surface area contributed by atoms with Crippen LogP contribution in [0, 0.1) is 35.1 Å². The Kier molecular flexibility index (Phi) is 6.13. The van der Waals surface area contributed by atoms with Crippen molar-refractivity contribution in [3.8, 4) is 17.6 Å². The molecule has 0 fully saturated rings. The van der Waals surface area contributed by atoms with Crippen LogP contribution in [0.15, 0.2) is 66.7 Å². The Morgan fingerprint density at radius 3 is 1.91 bits per heavy atom. The van der Waals surface area contributed by atoms with Gasteiger partial charge in [-0.3, -0.25) is 0 Å². The molecule has 0 atom stereocenters. The summed E-state index contributed by atoms with van der Waals surface area (Å²) in [6.45, 7) is 0. The van der Waals surface area contributed by atoms with E-state index >= 15 is 0 Å². The van der Waals surface area contributed by atoms with E-state index < -0.39 is 23.3 Å². The van der Waals surface area contributed by atoms with Crippen LogP contribution >= 0.6 is 0 Å². The smallest absolute Gasteiger partial charge is 0.159 e. The van der Waals surface area contributed by atoms with E-state index in [1.165, 1.54) is 12.1 Å². The zero-order chi connectivity index (χ0) is 22.7. The molecule has 0 aliphatic rings. The highest BCUT2D eigenvalue weighted by molar-refractivity contribution is 5.84. The second kappa shape index (κ2) is 9.15. The van der Waals surface area contributed by atoms with E-state index in [-0.39, 0.29) is 5.56 Å². The van der Waals surface area contributed by atoms with E-state index in [0.29, 0.717) is 34.7 Å². The van der Waals surface area contributed by atoms with Crippen molar-refractivity contribution in [3.63, 3.8) is 0 Å². The van der Waals surface area contributed by atoms with Gasteiger partial charge in [-0.25, -0.2) is 17.6 Å². The van der Waals surface area contributed by atoms with Gasteiger partial charge in [-0.1, -0.05) is 30.0 Å². The van der Waals surface area contributed by atoms with Gasteiger partial charge in [0.15, 0.2) is 11.6 Å². The predicted octanol–water partition coefficient (Wildman–Crippen LogP) is 6.59. The van der Waals surface area contributed by atoms with E-state index in [2.05, 4.69) is 11.8 Å². The van der Waals surface area contributed by atoms with Gasteiger partial charge in [-0.15, -0.1) is 0 Å². The summed E-state index contributed by atoms with van der Waals surface area (Å²) in [7, 11) is 1.59. The van der Waals surface area contributed by atoms with Crippen molar-refractivity contribution in [2.45, 2.75) is 12.8 Å². The molecule has 0 amide bonds. The minimum atomic E-state index is -0.968. The molecular weight excluding hydrogens is 416 g/mol. The number of fused-ring (bicyclic) bond motifs is 1. The third kappa shape index (κ3) is 4.76. The number of hydrogen-bond acceptors (Lipinski definition) is 1. The molecule has 0 aliphatic carbocycles. The lowest BCUT2D eigenvalue weighted by Gasteiger charge is -2.06. The van der Waals surface area contributed by atoms with Crippen LogP contribution in [0.2, 0.25) is 0 Å². The van der Waals surface area contributed by atoms with Gasteiger partial charge < -0.3 is 4.74 Å². The first kappa shape index (κ1) is 21.5. The molecule has 0 heterocycles. The number of aryl methyl sites for hydroxylation is 2. The van der Waals surface area contributed by atoms with Crippen LogP contribution in [0.1, 0.15) is 22.3 Å². The second-order valence-electron chi connectivity index (χ2n) is 7.36. The molecule has 0 bridgehead atoms. The standard InChI is InChI=1S/C27H18F4O/c1-32-22-9-5-17(6-10-22)2-3-19-13-24(28)23(25(29)14-19)11-7-18-4-8-20-15-26(30)27(31)16-21(20)12-18/h4-6,8-10,12-16H,2-3H2,1H3. The molecule has 0 aromatic heterocycles. The largest absolute Gasteiger partial charge is 0.497 e. The van der Waals surface area contributed by atoms with Gasteiger partial charge in [-0.05, 0) is 83.3 Å². The Hall–Kier alpha value is -3.78. The molecule has 5 heteroatoms. The fraction of sp³-hybridized carbons (Fsp3) is 0.111. The summed E-state index contributed by atoms with van der Waals surface area (Å²) in [6.07, 6.45) is 1.10. The molecule has 4 aromatic rings. The highest BCUT2D eigenvalue weighted by Crippen LogP contribution is 2.21.